The number of furan rings is 1. The van der Waals surface area contributed by atoms with Crippen LogP contribution in [-0.2, 0) is 0 Å². The molecule has 2 aromatic heterocycles. The molecule has 18 heavy (non-hydrogen) atoms. The zero-order chi connectivity index (χ0) is 13.0. The molecule has 3 aromatic rings. The Bertz CT molecular complexity index is 836. The molecular weight excluding hydrogens is 232 g/mol. The number of hydrogen-bond donors (Lipinski definition) is 1. The van der Waals surface area contributed by atoms with Gasteiger partial charge in [-0.15, -0.1) is 0 Å². The predicted octanol–water partition coefficient (Wildman–Crippen LogP) is 3.17. The van der Waals surface area contributed by atoms with Gasteiger partial charge in [-0.25, -0.2) is 4.79 Å². The molecule has 4 nitrogen and oxygen atoms in total. The molecule has 0 saturated heterocycles. The lowest BCUT2D eigenvalue weighted by atomic mass is 10.0. The van der Waals surface area contributed by atoms with Gasteiger partial charge in [-0.3, -0.25) is 0 Å². The Morgan fingerprint density at radius 1 is 1.00 bits per heavy atom. The quantitative estimate of drug-likeness (QED) is 0.659. The van der Waals surface area contributed by atoms with Crippen LogP contribution in [0.3, 0.4) is 0 Å². The maximum atomic E-state index is 11.9. The van der Waals surface area contributed by atoms with E-state index in [1.807, 2.05) is 0 Å². The van der Waals surface area contributed by atoms with Gasteiger partial charge in [0.25, 0.3) is 0 Å². The van der Waals surface area contributed by atoms with Gasteiger partial charge in [0.1, 0.15) is 28.1 Å². The smallest absolute Gasteiger partial charge is 0.347 e. The van der Waals surface area contributed by atoms with Crippen LogP contribution < -0.4 is 5.63 Å². The van der Waals surface area contributed by atoms with Crippen molar-refractivity contribution in [1.29, 1.82) is 0 Å². The molecule has 0 spiro atoms. The van der Waals surface area contributed by atoms with E-state index in [-0.39, 0.29) is 5.75 Å². The first-order valence-electron chi connectivity index (χ1n) is 5.65. The van der Waals surface area contributed by atoms with Crippen LogP contribution in [0.4, 0.5) is 0 Å². The van der Waals surface area contributed by atoms with E-state index in [0.717, 1.165) is 5.56 Å². The summed E-state index contributed by atoms with van der Waals surface area (Å²) in [5.74, 6) is 0.690. The topological polar surface area (TPSA) is 63.6 Å². The summed E-state index contributed by atoms with van der Waals surface area (Å²) in [7, 11) is 0. The van der Waals surface area contributed by atoms with Crippen LogP contribution in [0.1, 0.15) is 16.9 Å². The highest BCUT2D eigenvalue weighted by molar-refractivity contribution is 6.07. The van der Waals surface area contributed by atoms with Crippen LogP contribution in [0.15, 0.2) is 25.8 Å². The largest absolute Gasteiger partial charge is 0.507 e. The number of phenols is 1. The van der Waals surface area contributed by atoms with Crippen LogP contribution in [-0.4, -0.2) is 5.11 Å². The number of phenolic OH excluding ortho intramolecular Hbond substituents is 1. The van der Waals surface area contributed by atoms with Crippen molar-refractivity contribution >= 4 is 21.9 Å². The third kappa shape index (κ3) is 1.29. The Kier molecular flexibility index (Phi) is 2.05. The molecule has 0 unspecified atom stereocenters. The van der Waals surface area contributed by atoms with Crippen LogP contribution in [0.25, 0.3) is 21.9 Å². The second kappa shape index (κ2) is 3.38. The molecule has 0 fully saturated rings. The standard InChI is InChI=1S/C14H12O4/c1-6-4-9-11(8(3)13(6)15)12-10(18-9)5-7(2)17-14(12)16/h4-5,15H,1-3H3. The van der Waals surface area contributed by atoms with E-state index in [4.69, 9.17) is 8.83 Å². The molecule has 2 heterocycles. The summed E-state index contributed by atoms with van der Waals surface area (Å²) < 4.78 is 10.7. The summed E-state index contributed by atoms with van der Waals surface area (Å²) >= 11 is 0. The Balaban J connectivity index is 2.67. The van der Waals surface area contributed by atoms with Crippen LogP contribution >= 0.6 is 0 Å². The van der Waals surface area contributed by atoms with Gasteiger partial charge in [0.2, 0.25) is 0 Å². The fourth-order valence-electron chi connectivity index (χ4n) is 2.34. The van der Waals surface area contributed by atoms with Crippen molar-refractivity contribution in [1.82, 2.24) is 0 Å². The van der Waals surface area contributed by atoms with E-state index < -0.39 is 5.63 Å². The van der Waals surface area contributed by atoms with E-state index in [1.54, 1.807) is 32.9 Å². The lowest BCUT2D eigenvalue weighted by molar-refractivity contribution is 0.467. The molecule has 1 N–H and O–H groups in total. The van der Waals surface area contributed by atoms with E-state index in [9.17, 15) is 9.90 Å². The summed E-state index contributed by atoms with van der Waals surface area (Å²) in [6.45, 7) is 5.26. The molecule has 3 rings (SSSR count). The minimum absolute atomic E-state index is 0.185. The van der Waals surface area contributed by atoms with Gasteiger partial charge < -0.3 is 13.9 Å². The first kappa shape index (κ1) is 10.9. The van der Waals surface area contributed by atoms with E-state index in [2.05, 4.69) is 0 Å². The first-order valence-corrected chi connectivity index (χ1v) is 5.65. The highest BCUT2D eigenvalue weighted by Crippen LogP contribution is 2.35. The fourth-order valence-corrected chi connectivity index (χ4v) is 2.34. The van der Waals surface area contributed by atoms with Gasteiger partial charge in [-0.1, -0.05) is 0 Å². The molecule has 0 aliphatic rings. The van der Waals surface area contributed by atoms with E-state index in [1.165, 1.54) is 0 Å². The normalized spacial score (nSPS) is 11.5. The van der Waals surface area contributed by atoms with Crippen molar-refractivity contribution in [2.45, 2.75) is 20.8 Å². The minimum atomic E-state index is -0.435. The van der Waals surface area contributed by atoms with Gasteiger partial charge in [0.15, 0.2) is 0 Å². The minimum Gasteiger partial charge on any atom is -0.507 e. The van der Waals surface area contributed by atoms with Gasteiger partial charge >= 0.3 is 5.63 Å². The number of aryl methyl sites for hydroxylation is 3. The molecule has 92 valence electrons. The molecule has 1 aromatic carbocycles. The van der Waals surface area contributed by atoms with Crippen LogP contribution in [0.5, 0.6) is 5.75 Å². The lowest BCUT2D eigenvalue weighted by Gasteiger charge is -2.03. The molecule has 0 saturated carbocycles. The number of aromatic hydroxyl groups is 1. The Morgan fingerprint density at radius 3 is 2.39 bits per heavy atom. The van der Waals surface area contributed by atoms with E-state index in [0.29, 0.717) is 33.3 Å². The monoisotopic (exact) mass is 244 g/mol. The van der Waals surface area contributed by atoms with Crippen molar-refractivity contribution in [2.75, 3.05) is 0 Å². The molecule has 0 atom stereocenters. The zero-order valence-electron chi connectivity index (χ0n) is 10.3. The van der Waals surface area contributed by atoms with E-state index >= 15 is 0 Å². The summed E-state index contributed by atoms with van der Waals surface area (Å²) in [4.78, 5) is 11.9. The third-order valence-corrected chi connectivity index (χ3v) is 3.21. The third-order valence-electron chi connectivity index (χ3n) is 3.21. The Hall–Kier alpha value is -2.23. The van der Waals surface area contributed by atoms with Crippen molar-refractivity contribution in [2.24, 2.45) is 0 Å². The highest BCUT2D eigenvalue weighted by atomic mass is 16.4. The SMILES string of the molecule is Cc1cc2oc3cc(C)c(O)c(C)c3c2c(=O)o1. The number of hydrogen-bond acceptors (Lipinski definition) is 4. The zero-order valence-corrected chi connectivity index (χ0v) is 10.3. The molecule has 0 aliphatic heterocycles. The maximum Gasteiger partial charge on any atom is 0.347 e. The van der Waals surface area contributed by atoms with Crippen molar-refractivity contribution in [3.05, 3.63) is 39.4 Å². The average Bonchev–Trinajstić information content (AvgIpc) is 2.64. The summed E-state index contributed by atoms with van der Waals surface area (Å²) in [5, 5.41) is 11.0. The van der Waals surface area contributed by atoms with Gasteiger partial charge in [-0.05, 0) is 32.4 Å². The fraction of sp³-hybridized carbons (Fsp3) is 0.214. The average molecular weight is 244 g/mol. The lowest BCUT2D eigenvalue weighted by Crippen LogP contribution is -1.99. The summed E-state index contributed by atoms with van der Waals surface area (Å²) in [6, 6.07) is 3.41. The first-order chi connectivity index (χ1) is 8.49. The second-order valence-corrected chi connectivity index (χ2v) is 4.53. The molecule has 0 bridgehead atoms. The van der Waals surface area contributed by atoms with Crippen molar-refractivity contribution in [3.8, 4) is 5.75 Å². The van der Waals surface area contributed by atoms with Gasteiger partial charge in [0, 0.05) is 17.0 Å². The predicted molar refractivity (Wildman–Crippen MR) is 68.1 cm³/mol. The second-order valence-electron chi connectivity index (χ2n) is 4.53. The molecule has 0 aliphatic carbocycles. The number of fused-ring (bicyclic) bond motifs is 3. The van der Waals surface area contributed by atoms with Crippen LogP contribution in [0.2, 0.25) is 0 Å². The Morgan fingerprint density at radius 2 is 1.67 bits per heavy atom. The molecule has 0 amide bonds. The Labute approximate surface area is 102 Å². The van der Waals surface area contributed by atoms with Crippen LogP contribution in [0, 0.1) is 20.8 Å². The van der Waals surface area contributed by atoms with Crippen molar-refractivity contribution < 1.29 is 13.9 Å². The summed E-state index contributed by atoms with van der Waals surface area (Å²) in [6.07, 6.45) is 0. The summed E-state index contributed by atoms with van der Waals surface area (Å²) in [5.41, 5.74) is 2.01. The molecular formula is C14H12O4. The number of benzene rings is 1. The highest BCUT2D eigenvalue weighted by Gasteiger charge is 2.17. The molecule has 0 radical (unpaired) electrons. The maximum absolute atomic E-state index is 11.9. The van der Waals surface area contributed by atoms with Crippen molar-refractivity contribution in [3.63, 3.8) is 0 Å². The van der Waals surface area contributed by atoms with Gasteiger partial charge in [0.05, 0.1) is 0 Å². The number of rotatable bonds is 0. The van der Waals surface area contributed by atoms with Gasteiger partial charge in [-0.2, -0.15) is 0 Å². The molecule has 4 heteroatoms.